The van der Waals surface area contributed by atoms with E-state index in [1.54, 1.807) is 32.2 Å². The molecule has 1 aliphatic rings. The predicted octanol–water partition coefficient (Wildman–Crippen LogP) is 3.30. The average molecular weight is 548 g/mol. The fourth-order valence-corrected chi connectivity index (χ4v) is 5.02. The molecule has 0 saturated heterocycles. The van der Waals surface area contributed by atoms with E-state index < -0.39 is 16.1 Å². The summed E-state index contributed by atoms with van der Waals surface area (Å²) in [4.78, 5) is 27.9. The Morgan fingerprint density at radius 3 is 2.53 bits per heavy atom. The molecule has 2 atom stereocenters. The highest BCUT2D eigenvalue weighted by Crippen LogP contribution is 2.36. The molecular formula is C27H37N3O7S. The van der Waals surface area contributed by atoms with Crippen LogP contribution in [0, 0.1) is 0 Å². The summed E-state index contributed by atoms with van der Waals surface area (Å²) in [5, 5.41) is 2.94. The number of methoxy groups -OCH3 is 1. The molecule has 1 N–H and O–H groups in total. The Balaban J connectivity index is 1.74. The maximum atomic E-state index is 13.4. The van der Waals surface area contributed by atoms with Crippen molar-refractivity contribution in [2.24, 2.45) is 0 Å². The molecule has 38 heavy (non-hydrogen) atoms. The minimum atomic E-state index is -3.62. The number of hydrogen-bond donors (Lipinski definition) is 1. The molecule has 0 bridgehead atoms. The number of carbonyl (C=O) groups is 2. The standard InChI is InChI=1S/C27H37N3O7S/c1-6-19(2)28-27(32)20(3)29(17-21-9-7-10-23(15-21)35-4)26(31)11-8-14-30(38(5,33)34)22-12-13-24-25(16-22)37-18-36-24/h7,9-10,12-13,15-16,19-20H,6,8,11,14,17-18H2,1-5H3,(H,28,32)/t19-,20-/m1/s1. The van der Waals surface area contributed by atoms with Crippen molar-refractivity contribution in [2.45, 2.75) is 58.7 Å². The molecule has 0 aliphatic carbocycles. The number of nitrogens with one attached hydrogen (secondary N) is 1. The minimum absolute atomic E-state index is 0.0243. The van der Waals surface area contributed by atoms with E-state index in [1.807, 2.05) is 38.1 Å². The third-order valence-corrected chi connectivity index (χ3v) is 7.65. The molecule has 1 heterocycles. The molecule has 3 rings (SSSR count). The molecule has 208 valence electrons. The number of sulfonamides is 1. The third kappa shape index (κ3) is 7.53. The maximum absolute atomic E-state index is 13.4. The molecule has 0 unspecified atom stereocenters. The van der Waals surface area contributed by atoms with Gasteiger partial charge in [0.1, 0.15) is 11.8 Å². The number of hydrogen-bond acceptors (Lipinski definition) is 7. The van der Waals surface area contributed by atoms with Gasteiger partial charge in [0, 0.05) is 31.6 Å². The maximum Gasteiger partial charge on any atom is 0.242 e. The number of rotatable bonds is 13. The quantitative estimate of drug-likeness (QED) is 0.409. The third-order valence-electron chi connectivity index (χ3n) is 6.45. The lowest BCUT2D eigenvalue weighted by Gasteiger charge is -2.30. The number of carbonyl (C=O) groups excluding carboxylic acids is 2. The molecule has 0 aromatic heterocycles. The van der Waals surface area contributed by atoms with Gasteiger partial charge in [-0.25, -0.2) is 8.42 Å². The summed E-state index contributed by atoms with van der Waals surface area (Å²) in [7, 11) is -2.05. The molecule has 0 spiro atoms. The lowest BCUT2D eigenvalue weighted by Crippen LogP contribution is -2.49. The van der Waals surface area contributed by atoms with E-state index in [9.17, 15) is 18.0 Å². The van der Waals surface area contributed by atoms with Crippen molar-refractivity contribution in [1.82, 2.24) is 10.2 Å². The normalized spacial score (nSPS) is 13.9. The summed E-state index contributed by atoms with van der Waals surface area (Å²) in [6.07, 6.45) is 2.20. The number of anilines is 1. The molecule has 0 saturated carbocycles. The van der Waals surface area contributed by atoms with Gasteiger partial charge in [0.05, 0.1) is 19.1 Å². The van der Waals surface area contributed by atoms with Gasteiger partial charge < -0.3 is 24.4 Å². The second-order valence-electron chi connectivity index (χ2n) is 9.34. The van der Waals surface area contributed by atoms with Crippen LogP contribution >= 0.6 is 0 Å². The van der Waals surface area contributed by atoms with Gasteiger partial charge in [0.25, 0.3) is 0 Å². The first-order chi connectivity index (χ1) is 18.0. The predicted molar refractivity (Wildman–Crippen MR) is 145 cm³/mol. The van der Waals surface area contributed by atoms with Crippen molar-refractivity contribution in [2.75, 3.05) is 31.0 Å². The van der Waals surface area contributed by atoms with Crippen molar-refractivity contribution < 1.29 is 32.2 Å². The van der Waals surface area contributed by atoms with Gasteiger partial charge in [-0.05, 0) is 56.5 Å². The first-order valence-electron chi connectivity index (χ1n) is 12.6. The van der Waals surface area contributed by atoms with Gasteiger partial charge >= 0.3 is 0 Å². The molecule has 2 aromatic rings. The highest BCUT2D eigenvalue weighted by molar-refractivity contribution is 7.92. The van der Waals surface area contributed by atoms with Crippen molar-refractivity contribution in [3.8, 4) is 17.2 Å². The van der Waals surface area contributed by atoms with Crippen LogP contribution in [0.1, 0.15) is 45.6 Å². The second kappa shape index (κ2) is 12.9. The Kier molecular flexibility index (Phi) is 9.84. The molecule has 0 fully saturated rings. The summed E-state index contributed by atoms with van der Waals surface area (Å²) in [6, 6.07) is 11.5. The summed E-state index contributed by atoms with van der Waals surface area (Å²) in [5.74, 6) is 1.18. The first-order valence-corrected chi connectivity index (χ1v) is 14.5. The fourth-order valence-electron chi connectivity index (χ4n) is 4.06. The largest absolute Gasteiger partial charge is 0.497 e. The fraction of sp³-hybridized carbons (Fsp3) is 0.481. The Hall–Kier alpha value is -3.47. The van der Waals surface area contributed by atoms with E-state index in [-0.39, 0.29) is 50.6 Å². The van der Waals surface area contributed by atoms with E-state index >= 15 is 0 Å². The number of amides is 2. The van der Waals surface area contributed by atoms with E-state index in [1.165, 1.54) is 9.21 Å². The van der Waals surface area contributed by atoms with E-state index in [2.05, 4.69) is 5.32 Å². The Morgan fingerprint density at radius 2 is 1.84 bits per heavy atom. The summed E-state index contributed by atoms with van der Waals surface area (Å²) in [5.41, 5.74) is 1.25. The summed E-state index contributed by atoms with van der Waals surface area (Å²) >= 11 is 0. The van der Waals surface area contributed by atoms with Crippen molar-refractivity contribution in [1.29, 1.82) is 0 Å². The topological polar surface area (TPSA) is 114 Å². The van der Waals surface area contributed by atoms with Crippen molar-refractivity contribution in [3.63, 3.8) is 0 Å². The molecule has 10 nitrogen and oxygen atoms in total. The molecule has 11 heteroatoms. The van der Waals surface area contributed by atoms with Crippen molar-refractivity contribution in [3.05, 3.63) is 48.0 Å². The van der Waals surface area contributed by atoms with E-state index in [4.69, 9.17) is 14.2 Å². The van der Waals surface area contributed by atoms with E-state index in [0.29, 0.717) is 22.9 Å². The minimum Gasteiger partial charge on any atom is -0.497 e. The highest BCUT2D eigenvalue weighted by Gasteiger charge is 2.28. The summed E-state index contributed by atoms with van der Waals surface area (Å²) in [6.45, 7) is 5.97. The van der Waals surface area contributed by atoms with Crippen LogP contribution in [0.2, 0.25) is 0 Å². The Morgan fingerprint density at radius 1 is 1.11 bits per heavy atom. The van der Waals surface area contributed by atoms with Crippen LogP contribution in [0.15, 0.2) is 42.5 Å². The number of nitrogens with zero attached hydrogens (tertiary/aromatic N) is 2. The van der Waals surface area contributed by atoms with Crippen molar-refractivity contribution >= 4 is 27.5 Å². The van der Waals surface area contributed by atoms with Crippen LogP contribution in [0.4, 0.5) is 5.69 Å². The first kappa shape index (κ1) is 29.1. The van der Waals surface area contributed by atoms with Gasteiger partial charge in [-0.3, -0.25) is 13.9 Å². The lowest BCUT2D eigenvalue weighted by molar-refractivity contribution is -0.140. The molecule has 2 amide bonds. The van der Waals surface area contributed by atoms with Crippen LogP contribution < -0.4 is 23.8 Å². The zero-order chi connectivity index (χ0) is 27.9. The SMILES string of the molecule is CC[C@@H](C)NC(=O)[C@@H](C)N(Cc1cccc(OC)c1)C(=O)CCCN(c1ccc2c(c1)OCO2)S(C)(=O)=O. The van der Waals surface area contributed by atoms with Gasteiger partial charge in [0.15, 0.2) is 11.5 Å². The highest BCUT2D eigenvalue weighted by atomic mass is 32.2. The zero-order valence-electron chi connectivity index (χ0n) is 22.6. The Bertz CT molecular complexity index is 1230. The molecule has 0 radical (unpaired) electrons. The molecular weight excluding hydrogens is 510 g/mol. The number of benzene rings is 2. The van der Waals surface area contributed by atoms with E-state index in [0.717, 1.165) is 18.2 Å². The van der Waals surface area contributed by atoms with Gasteiger partial charge in [0.2, 0.25) is 28.6 Å². The van der Waals surface area contributed by atoms with Gasteiger partial charge in [-0.2, -0.15) is 0 Å². The van der Waals surface area contributed by atoms with Crippen LogP contribution in [-0.4, -0.2) is 63.9 Å². The lowest BCUT2D eigenvalue weighted by atomic mass is 10.1. The van der Waals surface area contributed by atoms with Gasteiger partial charge in [-0.15, -0.1) is 0 Å². The van der Waals surface area contributed by atoms with Gasteiger partial charge in [-0.1, -0.05) is 19.1 Å². The Labute approximate surface area is 224 Å². The van der Waals surface area contributed by atoms with Crippen LogP contribution in [0.5, 0.6) is 17.2 Å². The van der Waals surface area contributed by atoms with Crippen LogP contribution in [0.3, 0.4) is 0 Å². The van der Waals surface area contributed by atoms with Crippen LogP contribution in [-0.2, 0) is 26.2 Å². The average Bonchev–Trinajstić information content (AvgIpc) is 3.36. The second-order valence-corrected chi connectivity index (χ2v) is 11.3. The zero-order valence-corrected chi connectivity index (χ0v) is 23.4. The monoisotopic (exact) mass is 547 g/mol. The molecule has 1 aliphatic heterocycles. The number of ether oxygens (including phenoxy) is 3. The van der Waals surface area contributed by atoms with Crippen LogP contribution in [0.25, 0.3) is 0 Å². The molecule has 2 aromatic carbocycles. The smallest absolute Gasteiger partial charge is 0.242 e. The number of fused-ring (bicyclic) bond motifs is 1. The summed E-state index contributed by atoms with van der Waals surface area (Å²) < 4.78 is 42.4.